The fraction of sp³-hybridized carbons (Fsp3) is 0.312. The van der Waals surface area contributed by atoms with Gasteiger partial charge in [0.1, 0.15) is 22.9 Å². The van der Waals surface area contributed by atoms with Gasteiger partial charge in [0, 0.05) is 19.4 Å². The summed E-state index contributed by atoms with van der Waals surface area (Å²) in [5.41, 5.74) is 3.42. The number of nitrogens with zero attached hydrogens (tertiary/aromatic N) is 5. The molecule has 12 nitrogen and oxygen atoms in total. The van der Waals surface area contributed by atoms with Gasteiger partial charge in [-0.3, -0.25) is 23.8 Å². The fourth-order valence-electron chi connectivity index (χ4n) is 4.20. The summed E-state index contributed by atoms with van der Waals surface area (Å²) < 4.78 is 13.5. The van der Waals surface area contributed by atoms with Gasteiger partial charge in [0.25, 0.3) is 5.91 Å². The molecule has 2 unspecified atom stereocenters. The molecule has 1 amide bonds. The number of allylic oxidation sites excluding steroid dienone is 1. The molecular formula is C32H39N5O7. The highest BCUT2D eigenvalue weighted by Crippen LogP contribution is 2.20. The number of hydrogen-bond acceptors (Lipinski definition) is 9. The van der Waals surface area contributed by atoms with Crippen molar-refractivity contribution >= 4 is 11.7 Å². The van der Waals surface area contributed by atoms with Gasteiger partial charge in [-0.1, -0.05) is 30.8 Å². The Balaban J connectivity index is 0.000000241. The molecule has 234 valence electrons. The Morgan fingerprint density at radius 2 is 1.23 bits per heavy atom. The van der Waals surface area contributed by atoms with Crippen LogP contribution in [0.3, 0.4) is 0 Å². The molecule has 0 spiro atoms. The number of aliphatic hydroxyl groups is 2. The van der Waals surface area contributed by atoms with Crippen LogP contribution in [0.15, 0.2) is 73.6 Å². The highest BCUT2D eigenvalue weighted by atomic mass is 16.7. The van der Waals surface area contributed by atoms with Crippen LogP contribution in [0.5, 0.6) is 11.5 Å². The standard InChI is InChI=1S/C16H21N3O4.C16H18N2O3/c1-11(20)15-14(16(21)18(2)23-4)10-19(17-15)9-12-5-7-13(22-3)8-6-12;1-4-15(20)14-10-18(17-16(14)11(2)19)9-12-5-7-13(21-3)8-6-12/h5-8,10-11,20H,9H2,1-4H3;4-8,10-11,19H,1,9H2,2-3H3. The lowest BCUT2D eigenvalue weighted by atomic mass is 10.1. The number of benzene rings is 2. The van der Waals surface area contributed by atoms with E-state index >= 15 is 0 Å². The molecule has 0 saturated carbocycles. The Morgan fingerprint density at radius 1 is 0.818 bits per heavy atom. The predicted octanol–water partition coefficient (Wildman–Crippen LogP) is 3.99. The number of amides is 1. The van der Waals surface area contributed by atoms with Gasteiger partial charge < -0.3 is 19.7 Å². The quantitative estimate of drug-likeness (QED) is 0.139. The van der Waals surface area contributed by atoms with E-state index in [2.05, 4.69) is 16.8 Å². The number of carbonyl (C=O) groups is 2. The Morgan fingerprint density at radius 3 is 1.59 bits per heavy atom. The summed E-state index contributed by atoms with van der Waals surface area (Å²) in [6.07, 6.45) is 2.82. The summed E-state index contributed by atoms with van der Waals surface area (Å²) >= 11 is 0. The minimum absolute atomic E-state index is 0.244. The molecule has 2 aromatic heterocycles. The molecule has 0 aliphatic rings. The molecule has 0 fully saturated rings. The molecule has 0 aliphatic carbocycles. The van der Waals surface area contributed by atoms with Crippen molar-refractivity contribution in [1.82, 2.24) is 24.6 Å². The van der Waals surface area contributed by atoms with E-state index in [4.69, 9.17) is 14.3 Å². The molecule has 44 heavy (non-hydrogen) atoms. The highest BCUT2D eigenvalue weighted by molar-refractivity contribution is 6.04. The van der Waals surface area contributed by atoms with E-state index in [9.17, 15) is 19.8 Å². The van der Waals surface area contributed by atoms with Gasteiger partial charge in [0.15, 0.2) is 5.78 Å². The zero-order valence-corrected chi connectivity index (χ0v) is 25.8. The van der Waals surface area contributed by atoms with Crippen LogP contribution < -0.4 is 9.47 Å². The lowest BCUT2D eigenvalue weighted by Gasteiger charge is -2.13. The lowest BCUT2D eigenvalue weighted by molar-refractivity contribution is -0.0758. The second kappa shape index (κ2) is 15.6. The van der Waals surface area contributed by atoms with E-state index in [0.717, 1.165) is 27.7 Å². The van der Waals surface area contributed by atoms with Crippen molar-refractivity contribution in [3.05, 3.63) is 107 Å². The van der Waals surface area contributed by atoms with Crippen molar-refractivity contribution in [2.24, 2.45) is 0 Å². The summed E-state index contributed by atoms with van der Waals surface area (Å²) in [4.78, 5) is 29.0. The number of methoxy groups -OCH3 is 2. The molecule has 0 bridgehead atoms. The molecular weight excluding hydrogens is 566 g/mol. The number of aliphatic hydroxyl groups excluding tert-OH is 2. The number of aromatic nitrogens is 4. The molecule has 0 aliphatic heterocycles. The minimum Gasteiger partial charge on any atom is -0.497 e. The largest absolute Gasteiger partial charge is 0.497 e. The second-order valence-electron chi connectivity index (χ2n) is 9.85. The van der Waals surface area contributed by atoms with Gasteiger partial charge in [-0.15, -0.1) is 0 Å². The number of ether oxygens (including phenoxy) is 2. The average Bonchev–Trinajstić information content (AvgIpc) is 3.66. The summed E-state index contributed by atoms with van der Waals surface area (Å²) in [5, 5.41) is 29.3. The SMILES string of the molecule is C=CC(=O)c1cn(Cc2ccc(OC)cc2)nc1C(C)O.COc1ccc(Cn2cc(C(=O)N(C)OC)c(C(C)O)n2)cc1. The van der Waals surface area contributed by atoms with Crippen LogP contribution in [0.1, 0.15) is 69.3 Å². The Hall–Kier alpha value is -4.78. The first-order chi connectivity index (χ1) is 21.0. The molecule has 2 aromatic carbocycles. The van der Waals surface area contributed by atoms with Crippen molar-refractivity contribution in [1.29, 1.82) is 0 Å². The Labute approximate surface area is 256 Å². The van der Waals surface area contributed by atoms with Crippen molar-refractivity contribution in [2.75, 3.05) is 28.4 Å². The molecule has 12 heteroatoms. The third-order valence-electron chi connectivity index (χ3n) is 6.62. The van der Waals surface area contributed by atoms with Gasteiger partial charge in [0.2, 0.25) is 0 Å². The van der Waals surface area contributed by atoms with Crippen molar-refractivity contribution in [3.63, 3.8) is 0 Å². The van der Waals surface area contributed by atoms with Gasteiger partial charge in [-0.2, -0.15) is 10.2 Å². The molecule has 2 N–H and O–H groups in total. The third-order valence-corrected chi connectivity index (χ3v) is 6.62. The zero-order chi connectivity index (χ0) is 32.4. The van der Waals surface area contributed by atoms with E-state index < -0.39 is 12.2 Å². The number of hydrogen-bond donors (Lipinski definition) is 2. The van der Waals surface area contributed by atoms with E-state index in [0.29, 0.717) is 35.6 Å². The highest BCUT2D eigenvalue weighted by Gasteiger charge is 2.23. The van der Waals surface area contributed by atoms with Crippen LogP contribution in [-0.2, 0) is 17.9 Å². The van der Waals surface area contributed by atoms with Crippen LogP contribution in [0.4, 0.5) is 0 Å². The Kier molecular flexibility index (Phi) is 12.0. The van der Waals surface area contributed by atoms with Crippen LogP contribution >= 0.6 is 0 Å². The normalized spacial score (nSPS) is 12.0. The first kappa shape index (κ1) is 33.7. The van der Waals surface area contributed by atoms with Crippen LogP contribution in [0, 0.1) is 0 Å². The average molecular weight is 606 g/mol. The number of hydroxylamine groups is 2. The predicted molar refractivity (Wildman–Crippen MR) is 164 cm³/mol. The van der Waals surface area contributed by atoms with Crippen LogP contribution in [0.2, 0.25) is 0 Å². The van der Waals surface area contributed by atoms with Gasteiger partial charge in [-0.05, 0) is 55.3 Å². The van der Waals surface area contributed by atoms with Crippen molar-refractivity contribution in [3.8, 4) is 11.5 Å². The second-order valence-corrected chi connectivity index (χ2v) is 9.85. The Bertz CT molecular complexity index is 1540. The number of carbonyl (C=O) groups excluding carboxylic acids is 2. The maximum absolute atomic E-state index is 12.3. The fourth-order valence-corrected chi connectivity index (χ4v) is 4.20. The smallest absolute Gasteiger partial charge is 0.280 e. The monoisotopic (exact) mass is 605 g/mol. The van der Waals surface area contributed by atoms with Gasteiger partial charge >= 0.3 is 0 Å². The van der Waals surface area contributed by atoms with E-state index in [-0.39, 0.29) is 11.7 Å². The molecule has 4 aromatic rings. The van der Waals surface area contributed by atoms with E-state index in [1.165, 1.54) is 20.2 Å². The van der Waals surface area contributed by atoms with Crippen LogP contribution in [-0.4, -0.2) is 74.9 Å². The van der Waals surface area contributed by atoms with E-state index in [1.54, 1.807) is 49.8 Å². The van der Waals surface area contributed by atoms with Crippen LogP contribution in [0.25, 0.3) is 0 Å². The van der Waals surface area contributed by atoms with Crippen molar-refractivity contribution in [2.45, 2.75) is 39.1 Å². The summed E-state index contributed by atoms with van der Waals surface area (Å²) in [6.45, 7) is 7.61. The number of ketones is 1. The first-order valence-electron chi connectivity index (χ1n) is 13.8. The number of rotatable bonds is 12. The molecule has 2 atom stereocenters. The molecule has 4 rings (SSSR count). The topological polar surface area (TPSA) is 141 Å². The third kappa shape index (κ3) is 8.63. The van der Waals surface area contributed by atoms with Crippen molar-refractivity contribution < 1.29 is 34.1 Å². The molecule has 2 heterocycles. The van der Waals surface area contributed by atoms with Gasteiger partial charge in [-0.25, -0.2) is 5.06 Å². The maximum atomic E-state index is 12.3. The van der Waals surface area contributed by atoms with E-state index in [1.807, 2.05) is 48.5 Å². The zero-order valence-electron chi connectivity index (χ0n) is 25.8. The lowest BCUT2D eigenvalue weighted by Crippen LogP contribution is -2.26. The summed E-state index contributed by atoms with van der Waals surface area (Å²) in [6, 6.07) is 15.2. The molecule has 0 radical (unpaired) electrons. The summed E-state index contributed by atoms with van der Waals surface area (Å²) in [5.74, 6) is 0.958. The summed E-state index contributed by atoms with van der Waals surface area (Å²) in [7, 11) is 6.14. The first-order valence-corrected chi connectivity index (χ1v) is 13.8. The maximum Gasteiger partial charge on any atom is 0.280 e. The molecule has 0 saturated heterocycles. The minimum atomic E-state index is -0.851. The van der Waals surface area contributed by atoms with Gasteiger partial charge in [0.05, 0.1) is 57.8 Å².